The first-order valence-electron chi connectivity index (χ1n) is 5.82. The van der Waals surface area contributed by atoms with Crippen LogP contribution in [0, 0.1) is 17.2 Å². The van der Waals surface area contributed by atoms with Crippen molar-refractivity contribution in [3.63, 3.8) is 0 Å². The Morgan fingerprint density at radius 2 is 2.16 bits per heavy atom. The van der Waals surface area contributed by atoms with E-state index in [1.165, 1.54) is 0 Å². The lowest BCUT2D eigenvalue weighted by Crippen LogP contribution is -2.33. The molecule has 1 heterocycles. The highest BCUT2D eigenvalue weighted by molar-refractivity contribution is 6.30. The summed E-state index contributed by atoms with van der Waals surface area (Å²) in [5.74, 6) is -0.762. The molecule has 0 saturated carbocycles. The molecule has 1 saturated heterocycles. The molecule has 2 amide bonds. The number of carbonyl (C=O) groups is 2. The summed E-state index contributed by atoms with van der Waals surface area (Å²) in [6.07, 6.45) is 0.167. The van der Waals surface area contributed by atoms with Crippen molar-refractivity contribution in [2.45, 2.75) is 6.42 Å². The van der Waals surface area contributed by atoms with Gasteiger partial charge in [-0.3, -0.25) is 9.59 Å². The smallest absolute Gasteiger partial charge is 0.227 e. The van der Waals surface area contributed by atoms with E-state index in [1.807, 2.05) is 6.07 Å². The van der Waals surface area contributed by atoms with E-state index in [1.54, 1.807) is 29.2 Å². The van der Waals surface area contributed by atoms with Gasteiger partial charge in [-0.15, -0.1) is 0 Å². The molecule has 0 spiro atoms. The van der Waals surface area contributed by atoms with E-state index in [0.29, 0.717) is 11.6 Å². The van der Waals surface area contributed by atoms with E-state index in [4.69, 9.17) is 16.9 Å². The molecule has 0 radical (unpaired) electrons. The molecule has 0 bridgehead atoms. The van der Waals surface area contributed by atoms with Gasteiger partial charge < -0.3 is 10.2 Å². The van der Waals surface area contributed by atoms with Crippen LogP contribution in [0.3, 0.4) is 0 Å². The standard InChI is InChI=1S/C13H12ClN3O2/c14-10-1-3-11(4-2-10)17-8-9(7-12(17)18)13(19)16-6-5-15/h1-4,9H,6-8H2,(H,16,19)/t9-/m1/s1. The van der Waals surface area contributed by atoms with Gasteiger partial charge in [-0.05, 0) is 24.3 Å². The number of nitrogens with zero attached hydrogens (tertiary/aromatic N) is 2. The first-order valence-corrected chi connectivity index (χ1v) is 6.20. The first kappa shape index (κ1) is 13.4. The molecule has 0 unspecified atom stereocenters. The fraction of sp³-hybridized carbons (Fsp3) is 0.308. The van der Waals surface area contributed by atoms with Crippen molar-refractivity contribution in [3.05, 3.63) is 29.3 Å². The number of amides is 2. The van der Waals surface area contributed by atoms with Crippen LogP contribution in [0.25, 0.3) is 0 Å². The summed E-state index contributed by atoms with van der Waals surface area (Å²) in [5, 5.41) is 11.5. The number of nitriles is 1. The van der Waals surface area contributed by atoms with E-state index in [9.17, 15) is 9.59 Å². The fourth-order valence-electron chi connectivity index (χ4n) is 2.02. The molecule has 19 heavy (non-hydrogen) atoms. The number of anilines is 1. The van der Waals surface area contributed by atoms with Gasteiger partial charge in [-0.2, -0.15) is 5.26 Å². The first-order chi connectivity index (χ1) is 9.11. The van der Waals surface area contributed by atoms with Crippen LogP contribution in [0.2, 0.25) is 5.02 Å². The summed E-state index contributed by atoms with van der Waals surface area (Å²) in [4.78, 5) is 25.2. The molecule has 1 aromatic rings. The topological polar surface area (TPSA) is 73.2 Å². The summed E-state index contributed by atoms with van der Waals surface area (Å²) in [5.41, 5.74) is 0.727. The Morgan fingerprint density at radius 3 is 2.79 bits per heavy atom. The minimum absolute atomic E-state index is 0.0372. The van der Waals surface area contributed by atoms with E-state index in [0.717, 1.165) is 5.69 Å². The van der Waals surface area contributed by atoms with E-state index in [-0.39, 0.29) is 24.8 Å². The SMILES string of the molecule is N#CCNC(=O)[C@@H]1CC(=O)N(c2ccc(Cl)cc2)C1. The van der Waals surface area contributed by atoms with Crippen LogP contribution in [0.1, 0.15) is 6.42 Å². The summed E-state index contributed by atoms with van der Waals surface area (Å²) in [6, 6.07) is 8.73. The molecule has 2 rings (SSSR count). The van der Waals surface area contributed by atoms with Crippen LogP contribution < -0.4 is 10.2 Å². The molecule has 6 heteroatoms. The number of hydrogen-bond donors (Lipinski definition) is 1. The number of rotatable bonds is 3. The van der Waals surface area contributed by atoms with Gasteiger partial charge in [0.15, 0.2) is 0 Å². The molecule has 1 atom stereocenters. The maximum absolute atomic E-state index is 11.9. The van der Waals surface area contributed by atoms with Crippen molar-refractivity contribution in [1.29, 1.82) is 5.26 Å². The van der Waals surface area contributed by atoms with Crippen molar-refractivity contribution in [1.82, 2.24) is 5.32 Å². The van der Waals surface area contributed by atoms with Crippen molar-refractivity contribution < 1.29 is 9.59 Å². The zero-order valence-corrected chi connectivity index (χ0v) is 10.9. The Labute approximate surface area is 115 Å². The van der Waals surface area contributed by atoms with E-state index in [2.05, 4.69) is 5.32 Å². The largest absolute Gasteiger partial charge is 0.343 e. The third-order valence-corrected chi connectivity index (χ3v) is 3.23. The van der Waals surface area contributed by atoms with E-state index >= 15 is 0 Å². The van der Waals surface area contributed by atoms with Crippen molar-refractivity contribution in [2.75, 3.05) is 18.0 Å². The summed E-state index contributed by atoms with van der Waals surface area (Å²) < 4.78 is 0. The molecule has 5 nitrogen and oxygen atoms in total. The number of carbonyl (C=O) groups excluding carboxylic acids is 2. The summed E-state index contributed by atoms with van der Waals surface area (Å²) in [6.45, 7) is 0.294. The second-order valence-corrected chi connectivity index (χ2v) is 4.69. The monoisotopic (exact) mass is 277 g/mol. The average Bonchev–Trinajstić information content (AvgIpc) is 2.79. The number of halogens is 1. The van der Waals surface area contributed by atoms with Crippen molar-refractivity contribution in [2.24, 2.45) is 5.92 Å². The molecule has 0 aliphatic carbocycles. The van der Waals surface area contributed by atoms with Gasteiger partial charge in [0.2, 0.25) is 11.8 Å². The molecule has 0 aromatic heterocycles. The normalized spacial score (nSPS) is 18.2. The lowest BCUT2D eigenvalue weighted by atomic mass is 10.1. The molecule has 98 valence electrons. The Bertz CT molecular complexity index is 536. The zero-order chi connectivity index (χ0) is 13.8. The van der Waals surface area contributed by atoms with Gasteiger partial charge >= 0.3 is 0 Å². The highest BCUT2D eigenvalue weighted by Gasteiger charge is 2.34. The molecule has 1 aliphatic heterocycles. The maximum atomic E-state index is 11.9. The highest BCUT2D eigenvalue weighted by Crippen LogP contribution is 2.26. The molecule has 1 fully saturated rings. The van der Waals surface area contributed by atoms with Gasteiger partial charge in [0.25, 0.3) is 0 Å². The predicted octanol–water partition coefficient (Wildman–Crippen LogP) is 1.33. The number of nitrogens with one attached hydrogen (secondary N) is 1. The maximum Gasteiger partial charge on any atom is 0.227 e. The predicted molar refractivity (Wildman–Crippen MR) is 70.5 cm³/mol. The van der Waals surface area contributed by atoms with Crippen LogP contribution >= 0.6 is 11.6 Å². The average molecular weight is 278 g/mol. The van der Waals surface area contributed by atoms with Gasteiger partial charge in [0, 0.05) is 23.7 Å². The van der Waals surface area contributed by atoms with Crippen LogP contribution in [-0.4, -0.2) is 24.9 Å². The Hall–Kier alpha value is -2.06. The second-order valence-electron chi connectivity index (χ2n) is 4.26. The van der Waals surface area contributed by atoms with Gasteiger partial charge in [-0.25, -0.2) is 0 Å². The minimum Gasteiger partial charge on any atom is -0.343 e. The third kappa shape index (κ3) is 3.04. The third-order valence-electron chi connectivity index (χ3n) is 2.98. The van der Waals surface area contributed by atoms with Crippen LogP contribution in [0.15, 0.2) is 24.3 Å². The second kappa shape index (κ2) is 5.72. The summed E-state index contributed by atoms with van der Waals surface area (Å²) in [7, 11) is 0. The van der Waals surface area contributed by atoms with E-state index < -0.39 is 5.92 Å². The number of benzene rings is 1. The Morgan fingerprint density at radius 1 is 1.47 bits per heavy atom. The molecular weight excluding hydrogens is 266 g/mol. The summed E-state index contributed by atoms with van der Waals surface area (Å²) >= 11 is 5.79. The molecular formula is C13H12ClN3O2. The zero-order valence-electron chi connectivity index (χ0n) is 10.1. The van der Waals surface area contributed by atoms with Gasteiger partial charge in [-0.1, -0.05) is 11.6 Å². The fourth-order valence-corrected chi connectivity index (χ4v) is 2.15. The lowest BCUT2D eigenvalue weighted by molar-refractivity contribution is -0.126. The van der Waals surface area contributed by atoms with Crippen LogP contribution in [-0.2, 0) is 9.59 Å². The van der Waals surface area contributed by atoms with Crippen LogP contribution in [0.4, 0.5) is 5.69 Å². The Balaban J connectivity index is 2.05. The highest BCUT2D eigenvalue weighted by atomic mass is 35.5. The van der Waals surface area contributed by atoms with Gasteiger partial charge in [0.05, 0.1) is 12.0 Å². The van der Waals surface area contributed by atoms with Crippen LogP contribution in [0.5, 0.6) is 0 Å². The number of hydrogen-bond acceptors (Lipinski definition) is 3. The minimum atomic E-state index is -0.406. The lowest BCUT2D eigenvalue weighted by Gasteiger charge is -2.16. The van der Waals surface area contributed by atoms with Crippen molar-refractivity contribution in [3.8, 4) is 6.07 Å². The Kier molecular flexibility index (Phi) is 4.03. The quantitative estimate of drug-likeness (QED) is 0.847. The van der Waals surface area contributed by atoms with Crippen molar-refractivity contribution >= 4 is 29.1 Å². The molecule has 1 N–H and O–H groups in total. The molecule has 1 aromatic carbocycles. The van der Waals surface area contributed by atoms with Gasteiger partial charge in [0.1, 0.15) is 6.54 Å². The molecule has 1 aliphatic rings.